The van der Waals surface area contributed by atoms with Crippen molar-refractivity contribution in [2.24, 2.45) is 40.4 Å². The third-order valence-electron chi connectivity index (χ3n) is 8.89. The molecule has 0 unspecified atom stereocenters. The summed E-state index contributed by atoms with van der Waals surface area (Å²) in [7, 11) is 0. The third kappa shape index (κ3) is 2.29. The van der Waals surface area contributed by atoms with Crippen LogP contribution in [-0.4, -0.2) is 23.8 Å². The number of aliphatic hydroxyl groups excluding tert-OH is 1. The van der Waals surface area contributed by atoms with E-state index in [0.717, 1.165) is 30.1 Å². The zero-order valence-corrected chi connectivity index (χ0v) is 15.6. The normalized spacial score (nSPS) is 53.2. The number of rotatable bonds is 2. The highest BCUT2D eigenvalue weighted by Gasteiger charge is 2.61. The van der Waals surface area contributed by atoms with Crippen LogP contribution in [0, 0.1) is 40.4 Å². The van der Waals surface area contributed by atoms with Crippen molar-refractivity contribution in [2.45, 2.75) is 78.2 Å². The predicted octanol–water partition coefficient (Wildman–Crippen LogP) is 4.18. The van der Waals surface area contributed by atoms with E-state index >= 15 is 0 Å². The molecule has 4 saturated carbocycles. The van der Waals surface area contributed by atoms with Gasteiger partial charge in [0.15, 0.2) is 0 Å². The van der Waals surface area contributed by atoms with Gasteiger partial charge in [-0.25, -0.2) is 0 Å². The molecular weight excluding hydrogens is 300 g/mol. The number of hydrogen-bond acceptors (Lipinski definition) is 3. The molecule has 0 aromatic carbocycles. The quantitative estimate of drug-likeness (QED) is 0.771. The number of ether oxygens (including phenoxy) is 1. The summed E-state index contributed by atoms with van der Waals surface area (Å²) in [5.41, 5.74) is 0.641. The Morgan fingerprint density at radius 3 is 2.54 bits per heavy atom. The first-order chi connectivity index (χ1) is 11.4. The number of hydrogen-bond donors (Lipinski definition) is 1. The van der Waals surface area contributed by atoms with Crippen LogP contribution in [0.4, 0.5) is 0 Å². The summed E-state index contributed by atoms with van der Waals surface area (Å²) in [5, 5.41) is 9.68. The SMILES string of the molecule is CC(=O)O[C@H]1CC[C@H]2[C@@H]3CC[C@H]4C[C@@H](CO)C[C@]4(C)[C@H]3CC[C@]12C. The largest absolute Gasteiger partial charge is 0.462 e. The molecule has 0 radical (unpaired) electrons. The molecule has 0 saturated heterocycles. The van der Waals surface area contributed by atoms with E-state index < -0.39 is 0 Å². The number of carbonyl (C=O) groups excluding carboxylic acids is 1. The van der Waals surface area contributed by atoms with Crippen LogP contribution in [0.1, 0.15) is 72.1 Å². The lowest BCUT2D eigenvalue weighted by Crippen LogP contribution is -2.51. The van der Waals surface area contributed by atoms with Crippen molar-refractivity contribution in [3.63, 3.8) is 0 Å². The van der Waals surface area contributed by atoms with Gasteiger partial charge in [0, 0.05) is 18.9 Å². The van der Waals surface area contributed by atoms with E-state index in [1.807, 2.05) is 0 Å². The molecule has 0 bridgehead atoms. The summed E-state index contributed by atoms with van der Waals surface area (Å²) in [5.74, 6) is 3.60. The van der Waals surface area contributed by atoms with E-state index in [9.17, 15) is 9.90 Å². The molecule has 136 valence electrons. The van der Waals surface area contributed by atoms with Crippen LogP contribution in [0.25, 0.3) is 0 Å². The van der Waals surface area contributed by atoms with Gasteiger partial charge >= 0.3 is 5.97 Å². The lowest BCUT2D eigenvalue weighted by Gasteiger charge is -2.57. The van der Waals surface area contributed by atoms with Crippen LogP contribution in [0.5, 0.6) is 0 Å². The first kappa shape index (κ1) is 16.9. The summed E-state index contributed by atoms with van der Waals surface area (Å²) >= 11 is 0. The summed E-state index contributed by atoms with van der Waals surface area (Å²) in [6.07, 6.45) is 10.1. The molecule has 1 N–H and O–H groups in total. The van der Waals surface area contributed by atoms with Gasteiger partial charge in [0.2, 0.25) is 0 Å². The molecule has 0 aliphatic heterocycles. The van der Waals surface area contributed by atoms with Gasteiger partial charge in [-0.05, 0) is 86.4 Å². The van der Waals surface area contributed by atoms with Crippen LogP contribution >= 0.6 is 0 Å². The fraction of sp³-hybridized carbons (Fsp3) is 0.952. The van der Waals surface area contributed by atoms with E-state index in [4.69, 9.17) is 4.74 Å². The molecule has 8 atom stereocenters. The first-order valence-electron chi connectivity index (χ1n) is 10.2. The molecule has 0 heterocycles. The summed E-state index contributed by atoms with van der Waals surface area (Å²) in [4.78, 5) is 11.5. The minimum absolute atomic E-state index is 0.110. The molecule has 4 aliphatic rings. The highest BCUT2D eigenvalue weighted by molar-refractivity contribution is 5.66. The van der Waals surface area contributed by atoms with Gasteiger partial charge in [0.1, 0.15) is 6.10 Å². The minimum Gasteiger partial charge on any atom is -0.462 e. The Balaban J connectivity index is 1.57. The molecule has 4 fully saturated rings. The molecule has 4 rings (SSSR count). The molecule has 3 nitrogen and oxygen atoms in total. The average molecular weight is 335 g/mol. The molecule has 0 amide bonds. The minimum atomic E-state index is -0.110. The zero-order chi connectivity index (χ0) is 17.1. The van der Waals surface area contributed by atoms with E-state index in [1.165, 1.54) is 44.9 Å². The molecule has 0 aromatic rings. The van der Waals surface area contributed by atoms with Crippen molar-refractivity contribution >= 4 is 5.97 Å². The lowest BCUT2D eigenvalue weighted by atomic mass is 9.48. The summed E-state index contributed by atoms with van der Waals surface area (Å²) in [6, 6.07) is 0. The second-order valence-electron chi connectivity index (χ2n) is 9.87. The van der Waals surface area contributed by atoms with Gasteiger partial charge in [0.25, 0.3) is 0 Å². The maximum atomic E-state index is 11.5. The molecule has 24 heavy (non-hydrogen) atoms. The van der Waals surface area contributed by atoms with Gasteiger partial charge in [0.05, 0.1) is 0 Å². The number of carbonyl (C=O) groups is 1. The van der Waals surface area contributed by atoms with Crippen molar-refractivity contribution in [1.82, 2.24) is 0 Å². The van der Waals surface area contributed by atoms with Gasteiger partial charge in [-0.1, -0.05) is 13.8 Å². The Bertz CT molecular complexity index is 517. The topological polar surface area (TPSA) is 46.5 Å². The monoisotopic (exact) mass is 334 g/mol. The maximum Gasteiger partial charge on any atom is 0.302 e. The van der Waals surface area contributed by atoms with Crippen molar-refractivity contribution in [3.05, 3.63) is 0 Å². The fourth-order valence-corrected chi connectivity index (χ4v) is 7.83. The van der Waals surface area contributed by atoms with Gasteiger partial charge in [-0.15, -0.1) is 0 Å². The standard InChI is InChI=1S/C21H34O3/c1-13(23)24-19-7-6-17-16-5-4-15-10-14(12-22)11-21(15,3)18(16)8-9-20(17,19)2/h14-19,22H,4-12H2,1-3H3/t14-,15+,16+,17+,18+,19+,20+,21+/m1/s1. The second kappa shape index (κ2) is 5.72. The van der Waals surface area contributed by atoms with E-state index in [0.29, 0.717) is 17.9 Å². The average Bonchev–Trinajstić information content (AvgIpc) is 3.04. The van der Waals surface area contributed by atoms with Gasteiger partial charge < -0.3 is 9.84 Å². The highest BCUT2D eigenvalue weighted by atomic mass is 16.5. The first-order valence-corrected chi connectivity index (χ1v) is 10.2. The van der Waals surface area contributed by atoms with Crippen molar-refractivity contribution in [3.8, 4) is 0 Å². The number of aliphatic hydroxyl groups is 1. The molecule has 4 aliphatic carbocycles. The lowest BCUT2D eigenvalue weighted by molar-refractivity contribution is -0.159. The third-order valence-corrected chi connectivity index (χ3v) is 8.89. The predicted molar refractivity (Wildman–Crippen MR) is 93.2 cm³/mol. The number of fused-ring (bicyclic) bond motifs is 5. The Hall–Kier alpha value is -0.570. The molecule has 3 heteroatoms. The van der Waals surface area contributed by atoms with Crippen LogP contribution in [0.3, 0.4) is 0 Å². The Morgan fingerprint density at radius 1 is 1.08 bits per heavy atom. The molecule has 0 spiro atoms. The molecular formula is C21H34O3. The summed E-state index contributed by atoms with van der Waals surface area (Å²) < 4.78 is 5.74. The fourth-order valence-electron chi connectivity index (χ4n) is 7.83. The smallest absolute Gasteiger partial charge is 0.302 e. The van der Waals surface area contributed by atoms with Crippen molar-refractivity contribution < 1.29 is 14.6 Å². The van der Waals surface area contributed by atoms with Crippen LogP contribution in [0.15, 0.2) is 0 Å². The van der Waals surface area contributed by atoms with Gasteiger partial charge in [-0.2, -0.15) is 0 Å². The van der Waals surface area contributed by atoms with E-state index in [1.54, 1.807) is 6.92 Å². The Morgan fingerprint density at radius 2 is 1.83 bits per heavy atom. The maximum absolute atomic E-state index is 11.5. The van der Waals surface area contributed by atoms with Crippen molar-refractivity contribution in [2.75, 3.05) is 6.61 Å². The van der Waals surface area contributed by atoms with Crippen LogP contribution < -0.4 is 0 Å². The Kier molecular flexibility index (Phi) is 4.02. The summed E-state index contributed by atoms with van der Waals surface area (Å²) in [6.45, 7) is 6.86. The molecule has 0 aromatic heterocycles. The van der Waals surface area contributed by atoms with E-state index in [-0.39, 0.29) is 17.5 Å². The number of esters is 1. The Labute approximate surface area is 146 Å². The van der Waals surface area contributed by atoms with Crippen LogP contribution in [0.2, 0.25) is 0 Å². The van der Waals surface area contributed by atoms with Crippen molar-refractivity contribution in [1.29, 1.82) is 0 Å². The highest BCUT2D eigenvalue weighted by Crippen LogP contribution is 2.67. The van der Waals surface area contributed by atoms with Gasteiger partial charge in [-0.3, -0.25) is 4.79 Å². The zero-order valence-electron chi connectivity index (χ0n) is 15.6. The van der Waals surface area contributed by atoms with Crippen LogP contribution in [-0.2, 0) is 9.53 Å². The van der Waals surface area contributed by atoms with E-state index in [2.05, 4.69) is 13.8 Å². The second-order valence-corrected chi connectivity index (χ2v) is 9.87.